The summed E-state index contributed by atoms with van der Waals surface area (Å²) >= 11 is 44.6. The molecule has 24 aromatic rings. The topological polar surface area (TPSA) is 131 Å². The number of hydrogen-bond acceptors (Lipinski definition) is 10. The first-order valence-corrected chi connectivity index (χ1v) is 53.3. The van der Waals surface area contributed by atoms with Crippen LogP contribution in [0.15, 0.2) is 377 Å². The maximum Gasteiger partial charge on any atom is 0.150 e. The van der Waals surface area contributed by atoms with Crippen molar-refractivity contribution < 1.29 is 44.2 Å². The molecule has 0 spiro atoms. The molecule has 10 aliphatic heterocycles. The standard InChI is InChI=1S/C28H12Br2O2.C28H14O2.C20H4Br6O2.C20H6Br4O2.C20H10O2/c29-25-13-5-1-3-7-15(13)27-21-17(25)9-11-20-23(21)24-19(31-27)12-10-18-22(24)28(32-20)16-8-4-2-6-14(16)26(18)30;1-3-7-19-15(5-1)13-17-9-11-22-25-23(17)27(19)29-21-12-10-18-14-16-6-2-4-8-20(16)28(30-22)24(18)26(21)25;21-7-3-11(25)17-13-5(7)1-9(23)19-15(13)16-14-6(2-10(24)20(16)28-17)8(22)4-12(26)18(14)27-19;21-9-5-11(23)19-15-7(9)1-3-13-17(15)18-14(26-19)4-2-8-10(22)6-12(24)20(25-13)16(8)18;1-3-11-7-9-16-19-17(11)13(5-1)21-15-10-8-12-4-2-6-14(22-16)18(12)20(15)19/h1-12H;1-14H;1-4H;1-6H;1-10H. The Bertz CT molecular complexity index is 10500. The predicted octanol–water partition coefficient (Wildman–Crippen LogP) is 43.9. The van der Waals surface area contributed by atoms with Crippen LogP contribution in [0.3, 0.4) is 0 Å². The molecular formula is C116H46Br12O10. The summed E-state index contributed by atoms with van der Waals surface area (Å²) in [6.45, 7) is 0. The largest absolute Gasteiger partial charge is 0.456 e. The van der Waals surface area contributed by atoms with E-state index in [4.69, 9.17) is 44.2 Å². The molecule has 0 aliphatic carbocycles. The summed E-state index contributed by atoms with van der Waals surface area (Å²) in [6, 6.07) is 96.1. The number of benzene rings is 24. The Balaban J connectivity index is 0.0000000819. The first-order valence-electron chi connectivity index (χ1n) is 43.8. The summed E-state index contributed by atoms with van der Waals surface area (Å²) < 4.78 is 76.1. The van der Waals surface area contributed by atoms with Crippen molar-refractivity contribution in [3.8, 4) is 55.6 Å². The zero-order valence-electron chi connectivity index (χ0n) is 70.2. The van der Waals surface area contributed by atoms with Gasteiger partial charge in [0.2, 0.25) is 0 Å². The van der Waals surface area contributed by atoms with Crippen LogP contribution in [0.4, 0.5) is 0 Å². The third-order valence-corrected chi connectivity index (χ3v) is 35.8. The van der Waals surface area contributed by atoms with E-state index in [2.05, 4.69) is 410 Å². The average Bonchev–Trinajstić information content (AvgIpc) is 0.696. The maximum atomic E-state index is 6.67. The Labute approximate surface area is 875 Å². The normalized spacial score (nSPS) is 12.6. The van der Waals surface area contributed by atoms with Crippen LogP contribution in [0, 0.1) is 0 Å². The second-order valence-electron chi connectivity index (χ2n) is 35.0. The number of halogens is 12. The fourth-order valence-electron chi connectivity index (χ4n) is 22.2. The van der Waals surface area contributed by atoms with E-state index in [0.717, 1.165) is 328 Å². The van der Waals surface area contributed by atoms with Crippen molar-refractivity contribution in [1.29, 1.82) is 0 Å². The van der Waals surface area contributed by atoms with Gasteiger partial charge in [0.25, 0.3) is 0 Å². The van der Waals surface area contributed by atoms with Gasteiger partial charge in [-0.3, -0.25) is 0 Å². The molecule has 0 amide bonds. The third kappa shape index (κ3) is 11.4. The highest BCUT2D eigenvalue weighted by Gasteiger charge is 2.36. The van der Waals surface area contributed by atoms with E-state index in [1.165, 1.54) is 43.4 Å². The third-order valence-electron chi connectivity index (χ3n) is 27.9. The van der Waals surface area contributed by atoms with E-state index < -0.39 is 0 Å². The van der Waals surface area contributed by atoms with Crippen molar-refractivity contribution >= 4 is 454 Å². The lowest BCUT2D eigenvalue weighted by atomic mass is 9.88. The number of rotatable bonds is 0. The van der Waals surface area contributed by atoms with Crippen molar-refractivity contribution in [2.24, 2.45) is 0 Å². The van der Waals surface area contributed by atoms with Gasteiger partial charge in [-0.05, 0) is 293 Å². The summed E-state index contributed by atoms with van der Waals surface area (Å²) in [5.74, 6) is 0. The summed E-state index contributed by atoms with van der Waals surface area (Å²) in [5.41, 5.74) is 28.5. The molecule has 0 N–H and O–H groups in total. The molecule has 0 fully saturated rings. The second kappa shape index (κ2) is 30.1. The van der Waals surface area contributed by atoms with Gasteiger partial charge in [-0.15, -0.1) is 0 Å². The molecule has 654 valence electrons. The predicted molar refractivity (Wildman–Crippen MR) is 606 cm³/mol. The molecule has 0 bridgehead atoms. The van der Waals surface area contributed by atoms with Crippen LogP contribution in [0.1, 0.15) is 0 Å². The summed E-state index contributed by atoms with van der Waals surface area (Å²) in [4.78, 5) is 0. The van der Waals surface area contributed by atoms with Crippen LogP contribution >= 0.6 is 191 Å². The zero-order chi connectivity index (χ0) is 92.0. The van der Waals surface area contributed by atoms with Crippen LogP contribution < -0.4 is 0 Å². The molecule has 138 heavy (non-hydrogen) atoms. The van der Waals surface area contributed by atoms with E-state index >= 15 is 0 Å². The lowest BCUT2D eigenvalue weighted by Crippen LogP contribution is -1.97. The highest BCUT2D eigenvalue weighted by atomic mass is 79.9. The van der Waals surface area contributed by atoms with Gasteiger partial charge in [-0.25, -0.2) is 0 Å². The van der Waals surface area contributed by atoms with Gasteiger partial charge in [-0.2, -0.15) is 0 Å². The monoisotopic (exact) mass is 2550 g/mol. The van der Waals surface area contributed by atoms with Crippen LogP contribution in [0.5, 0.6) is 0 Å². The quantitative estimate of drug-likeness (QED) is 0.107. The average molecular weight is 2560 g/mol. The van der Waals surface area contributed by atoms with E-state index in [1.807, 2.05) is 60.7 Å². The van der Waals surface area contributed by atoms with Crippen LogP contribution in [-0.2, 0) is 0 Å². The molecular weight excluding hydrogens is 2510 g/mol. The lowest BCUT2D eigenvalue weighted by Gasteiger charge is -2.22. The summed E-state index contributed by atoms with van der Waals surface area (Å²) in [5, 5.41) is 31.4. The van der Waals surface area contributed by atoms with Crippen LogP contribution in [0.25, 0.3) is 318 Å². The second-order valence-corrected chi connectivity index (χ2v) is 45.1. The Morgan fingerprint density at radius 1 is 0.123 bits per heavy atom. The molecule has 10 nitrogen and oxygen atoms in total. The van der Waals surface area contributed by atoms with Gasteiger partial charge in [0.1, 0.15) is 112 Å². The highest BCUT2D eigenvalue weighted by molar-refractivity contribution is 9.12. The first kappa shape index (κ1) is 82.6. The molecule has 0 aromatic heterocycles. The maximum absolute atomic E-state index is 6.67. The minimum Gasteiger partial charge on any atom is -0.456 e. The van der Waals surface area contributed by atoms with Crippen molar-refractivity contribution in [3.63, 3.8) is 0 Å². The van der Waals surface area contributed by atoms with Crippen LogP contribution in [-0.4, -0.2) is 0 Å². The van der Waals surface area contributed by atoms with Crippen molar-refractivity contribution in [3.05, 3.63) is 333 Å². The van der Waals surface area contributed by atoms with Crippen molar-refractivity contribution in [1.82, 2.24) is 0 Å². The Morgan fingerprint density at radius 3 is 0.768 bits per heavy atom. The zero-order valence-corrected chi connectivity index (χ0v) is 89.2. The van der Waals surface area contributed by atoms with E-state index in [0.29, 0.717) is 0 Å². The molecule has 0 radical (unpaired) electrons. The molecule has 0 saturated carbocycles. The molecule has 34 rings (SSSR count). The van der Waals surface area contributed by atoms with Gasteiger partial charge in [0, 0.05) is 201 Å². The first-order chi connectivity index (χ1) is 67.4. The van der Waals surface area contributed by atoms with E-state index in [-0.39, 0.29) is 0 Å². The van der Waals surface area contributed by atoms with Gasteiger partial charge >= 0.3 is 0 Å². The Hall–Kier alpha value is -11.3. The molecule has 0 unspecified atom stereocenters. The molecule has 0 saturated heterocycles. The molecule has 0 atom stereocenters. The van der Waals surface area contributed by atoms with E-state index in [9.17, 15) is 0 Å². The number of hydrogen-bond donors (Lipinski definition) is 0. The molecule has 10 heterocycles. The fraction of sp³-hybridized carbons (Fsp3) is 0. The Morgan fingerprint density at radius 2 is 0.384 bits per heavy atom. The lowest BCUT2D eigenvalue weighted by molar-refractivity contribution is 0.642. The molecule has 22 heteroatoms. The minimum absolute atomic E-state index is 0.788. The van der Waals surface area contributed by atoms with Crippen molar-refractivity contribution in [2.45, 2.75) is 0 Å². The van der Waals surface area contributed by atoms with Gasteiger partial charge in [0.05, 0.1) is 26.8 Å². The molecule has 10 aliphatic rings. The van der Waals surface area contributed by atoms with E-state index in [1.54, 1.807) is 0 Å². The fourth-order valence-corrected chi connectivity index (χ4v) is 30.1. The van der Waals surface area contributed by atoms with Gasteiger partial charge < -0.3 is 44.2 Å². The minimum atomic E-state index is 0.788. The highest BCUT2D eigenvalue weighted by Crippen LogP contribution is 2.61. The summed E-state index contributed by atoms with van der Waals surface area (Å²) in [7, 11) is 0. The number of fused-ring (bicyclic) bond motifs is 8. The van der Waals surface area contributed by atoms with Gasteiger partial charge in [0.15, 0.2) is 0 Å². The Kier molecular flexibility index (Phi) is 18.0. The van der Waals surface area contributed by atoms with Gasteiger partial charge in [-0.1, -0.05) is 209 Å². The van der Waals surface area contributed by atoms with Crippen molar-refractivity contribution in [2.75, 3.05) is 0 Å². The molecule has 24 aromatic carbocycles. The van der Waals surface area contributed by atoms with Crippen LogP contribution in [0.2, 0.25) is 0 Å². The smallest absolute Gasteiger partial charge is 0.150 e. The summed E-state index contributed by atoms with van der Waals surface area (Å²) in [6.07, 6.45) is 0. The SMILES string of the molecule is Brc1c2ccccc2c2oc3ccc4c(Br)c5ccccc5c5oc6ccc1c2c6-c3c45.Brc1cc(Br)c2oc3ccc4c(Br)cc(Br)c5oc6ccc1c2c6-c3c45.Brc1cc2c(Br)cc(Br)c3oc4c(Br)cc5c(Br)cc(Br)c6oc1c(c23)-c4c56.c1cc2ccc3oc4cccc5ccc6oc(c1)c2c3-c6c54.c1ccc2c(c1)cc1ccc3oc4c5ccccc5cc5ccc6oc2c1c3-c6c54.